The maximum absolute atomic E-state index is 12.7. The Kier molecular flexibility index (Phi) is 6.82. The summed E-state index contributed by atoms with van der Waals surface area (Å²) in [5, 5.41) is 3.08. The predicted molar refractivity (Wildman–Crippen MR) is 105 cm³/mol. The molecule has 1 atom stereocenters. The van der Waals surface area contributed by atoms with Crippen LogP contribution in [0.4, 0.5) is 0 Å². The summed E-state index contributed by atoms with van der Waals surface area (Å²) < 4.78 is 23.1. The van der Waals surface area contributed by atoms with Gasteiger partial charge in [0.1, 0.15) is 0 Å². The summed E-state index contributed by atoms with van der Waals surface area (Å²) in [7, 11) is -2.88. The number of hydrogen-bond donors (Lipinski definition) is 2. The van der Waals surface area contributed by atoms with Crippen molar-refractivity contribution in [3.05, 3.63) is 35.4 Å². The molecule has 1 saturated heterocycles. The average molecular weight is 382 g/mol. The van der Waals surface area contributed by atoms with E-state index in [1.807, 2.05) is 25.1 Å². The van der Waals surface area contributed by atoms with Crippen molar-refractivity contribution in [1.29, 1.82) is 0 Å². The molecule has 26 heavy (non-hydrogen) atoms. The monoisotopic (exact) mass is 381 g/mol. The summed E-state index contributed by atoms with van der Waals surface area (Å²) in [5.74, 6) is 0.723. The van der Waals surface area contributed by atoms with Gasteiger partial charge in [-0.3, -0.25) is 9.69 Å². The lowest BCUT2D eigenvalue weighted by molar-refractivity contribution is 0.0898. The Morgan fingerprint density at radius 1 is 1.31 bits per heavy atom. The summed E-state index contributed by atoms with van der Waals surface area (Å²) in [5.41, 5.74) is 7.08. The molecule has 3 N–H and O–H groups in total. The van der Waals surface area contributed by atoms with Gasteiger partial charge in [0, 0.05) is 37.3 Å². The first-order valence-electron chi connectivity index (χ1n) is 9.17. The number of nitrogens with one attached hydrogen (secondary N) is 1. The number of sulfone groups is 1. The number of carbonyl (C=O) groups is 1. The summed E-state index contributed by atoms with van der Waals surface area (Å²) in [6.45, 7) is 8.31. The van der Waals surface area contributed by atoms with Crippen LogP contribution in [-0.2, 0) is 16.4 Å². The number of amides is 1. The molecule has 7 heteroatoms. The first-order valence-corrected chi connectivity index (χ1v) is 11.0. The fraction of sp³-hybridized carbons (Fsp3) is 0.632. The van der Waals surface area contributed by atoms with E-state index >= 15 is 0 Å². The smallest absolute Gasteiger partial charge is 0.251 e. The zero-order valence-electron chi connectivity index (χ0n) is 16.0. The Hall–Kier alpha value is -1.44. The standard InChI is InChI=1S/C19H31N3O3S/c1-15(2)12-19(3,14-20)21-18(23)17-6-4-5-16(11-17)13-22-7-9-26(24,25)10-8-22/h4-6,11,15H,7-10,12-14,20H2,1-3H3,(H,21,23). The van der Waals surface area contributed by atoms with Crippen LogP contribution in [0.2, 0.25) is 0 Å². The van der Waals surface area contributed by atoms with E-state index in [2.05, 4.69) is 24.1 Å². The minimum atomic E-state index is -2.88. The number of nitrogens with two attached hydrogens (primary N) is 1. The SMILES string of the molecule is CC(C)CC(C)(CN)NC(=O)c1cccc(CN2CCS(=O)(=O)CC2)c1. The van der Waals surface area contributed by atoms with Gasteiger partial charge < -0.3 is 11.1 Å². The highest BCUT2D eigenvalue weighted by atomic mass is 32.2. The molecule has 0 aliphatic carbocycles. The van der Waals surface area contributed by atoms with Crippen molar-refractivity contribution in [2.24, 2.45) is 11.7 Å². The van der Waals surface area contributed by atoms with Crippen LogP contribution in [0.1, 0.15) is 43.1 Å². The zero-order chi connectivity index (χ0) is 19.4. The normalized spacial score (nSPS) is 19.9. The first kappa shape index (κ1) is 20.9. The third-order valence-corrected chi connectivity index (χ3v) is 6.37. The van der Waals surface area contributed by atoms with E-state index < -0.39 is 15.4 Å². The molecule has 0 radical (unpaired) electrons. The molecule has 1 unspecified atom stereocenters. The van der Waals surface area contributed by atoms with Gasteiger partial charge in [0.2, 0.25) is 0 Å². The zero-order valence-corrected chi connectivity index (χ0v) is 16.8. The van der Waals surface area contributed by atoms with Crippen LogP contribution in [0, 0.1) is 5.92 Å². The molecule has 1 aliphatic heterocycles. The van der Waals surface area contributed by atoms with E-state index in [9.17, 15) is 13.2 Å². The molecule has 1 aromatic carbocycles. The minimum Gasteiger partial charge on any atom is -0.346 e. The van der Waals surface area contributed by atoms with Crippen molar-refractivity contribution in [1.82, 2.24) is 10.2 Å². The highest BCUT2D eigenvalue weighted by Gasteiger charge is 2.26. The van der Waals surface area contributed by atoms with Crippen molar-refractivity contribution >= 4 is 15.7 Å². The minimum absolute atomic E-state index is 0.123. The second-order valence-electron chi connectivity index (χ2n) is 7.95. The van der Waals surface area contributed by atoms with E-state index in [0.717, 1.165) is 12.0 Å². The molecule has 1 aliphatic rings. The lowest BCUT2D eigenvalue weighted by atomic mass is 9.90. The number of carbonyl (C=O) groups excluding carboxylic acids is 1. The molecule has 0 saturated carbocycles. The van der Waals surface area contributed by atoms with E-state index in [0.29, 0.717) is 37.7 Å². The van der Waals surface area contributed by atoms with Gasteiger partial charge in [-0.05, 0) is 37.0 Å². The van der Waals surface area contributed by atoms with Crippen LogP contribution < -0.4 is 11.1 Å². The van der Waals surface area contributed by atoms with E-state index in [-0.39, 0.29) is 17.4 Å². The van der Waals surface area contributed by atoms with Gasteiger partial charge in [-0.1, -0.05) is 26.0 Å². The Morgan fingerprint density at radius 3 is 2.54 bits per heavy atom. The first-order chi connectivity index (χ1) is 12.1. The lowest BCUT2D eigenvalue weighted by Gasteiger charge is -2.31. The van der Waals surface area contributed by atoms with E-state index in [4.69, 9.17) is 5.73 Å². The van der Waals surface area contributed by atoms with Crippen LogP contribution in [0.3, 0.4) is 0 Å². The van der Waals surface area contributed by atoms with Crippen molar-refractivity contribution in [2.75, 3.05) is 31.1 Å². The van der Waals surface area contributed by atoms with E-state index in [1.54, 1.807) is 6.07 Å². The van der Waals surface area contributed by atoms with Gasteiger partial charge in [-0.25, -0.2) is 8.42 Å². The molecular weight excluding hydrogens is 350 g/mol. The quantitative estimate of drug-likeness (QED) is 0.745. The Bertz CT molecular complexity index is 719. The second kappa shape index (κ2) is 8.50. The fourth-order valence-corrected chi connectivity index (χ4v) is 4.69. The largest absolute Gasteiger partial charge is 0.346 e. The van der Waals surface area contributed by atoms with Gasteiger partial charge in [-0.15, -0.1) is 0 Å². The Labute approximate surface area is 157 Å². The number of hydrogen-bond acceptors (Lipinski definition) is 5. The molecule has 146 valence electrons. The Balaban J connectivity index is 2.02. The molecular formula is C19H31N3O3S. The maximum Gasteiger partial charge on any atom is 0.251 e. The molecule has 2 rings (SSSR count). The van der Waals surface area contributed by atoms with E-state index in [1.165, 1.54) is 0 Å². The topological polar surface area (TPSA) is 92.5 Å². The number of rotatable bonds is 7. The van der Waals surface area contributed by atoms with Gasteiger partial charge in [0.05, 0.1) is 11.5 Å². The van der Waals surface area contributed by atoms with Crippen molar-refractivity contribution in [3.8, 4) is 0 Å². The molecule has 0 bridgehead atoms. The van der Waals surface area contributed by atoms with Crippen LogP contribution in [0.25, 0.3) is 0 Å². The van der Waals surface area contributed by atoms with Crippen molar-refractivity contribution in [2.45, 2.75) is 39.3 Å². The molecule has 1 amide bonds. The van der Waals surface area contributed by atoms with Crippen molar-refractivity contribution < 1.29 is 13.2 Å². The molecule has 0 spiro atoms. The summed E-state index contributed by atoms with van der Waals surface area (Å²) >= 11 is 0. The van der Waals surface area contributed by atoms with Gasteiger partial charge >= 0.3 is 0 Å². The van der Waals surface area contributed by atoms with Gasteiger partial charge in [0.25, 0.3) is 5.91 Å². The maximum atomic E-state index is 12.7. The summed E-state index contributed by atoms with van der Waals surface area (Å²) in [4.78, 5) is 14.8. The van der Waals surface area contributed by atoms with Gasteiger partial charge in [0.15, 0.2) is 9.84 Å². The predicted octanol–water partition coefficient (Wildman–Crippen LogP) is 1.41. The lowest BCUT2D eigenvalue weighted by Crippen LogP contribution is -2.52. The Morgan fingerprint density at radius 2 is 1.96 bits per heavy atom. The molecule has 1 fully saturated rings. The second-order valence-corrected chi connectivity index (χ2v) is 10.2. The third kappa shape index (κ3) is 6.07. The highest BCUT2D eigenvalue weighted by molar-refractivity contribution is 7.91. The van der Waals surface area contributed by atoms with Gasteiger partial charge in [-0.2, -0.15) is 0 Å². The summed E-state index contributed by atoms with van der Waals surface area (Å²) in [6, 6.07) is 7.51. The average Bonchev–Trinajstić information content (AvgIpc) is 2.56. The van der Waals surface area contributed by atoms with Crippen molar-refractivity contribution in [3.63, 3.8) is 0 Å². The number of benzene rings is 1. The molecule has 0 aromatic heterocycles. The van der Waals surface area contributed by atoms with Crippen LogP contribution in [0.15, 0.2) is 24.3 Å². The molecule has 1 heterocycles. The highest BCUT2D eigenvalue weighted by Crippen LogP contribution is 2.17. The van der Waals surface area contributed by atoms with Crippen LogP contribution in [0.5, 0.6) is 0 Å². The molecule has 1 aromatic rings. The van der Waals surface area contributed by atoms with Crippen LogP contribution in [-0.4, -0.2) is 55.9 Å². The third-order valence-electron chi connectivity index (χ3n) is 4.76. The molecule has 6 nitrogen and oxygen atoms in total. The fourth-order valence-electron chi connectivity index (χ4n) is 3.41. The van der Waals surface area contributed by atoms with Crippen LogP contribution >= 0.6 is 0 Å². The number of nitrogens with zero attached hydrogens (tertiary/aromatic N) is 1. The summed E-state index contributed by atoms with van der Waals surface area (Å²) in [6.07, 6.45) is 0.817.